The normalized spacial score (nSPS) is 16.4. The summed E-state index contributed by atoms with van der Waals surface area (Å²) in [5.74, 6) is 1.71. The van der Waals surface area contributed by atoms with Crippen LogP contribution in [0.15, 0.2) is 145 Å². The molecule has 3 aliphatic heterocycles. The number of aromatic nitrogens is 9. The summed E-state index contributed by atoms with van der Waals surface area (Å²) in [5, 5.41) is 11.1. The molecule has 0 aliphatic carbocycles. The van der Waals surface area contributed by atoms with E-state index in [1.165, 1.54) is 64.7 Å². The maximum Gasteiger partial charge on any atom is 0.495 e. The first-order valence-corrected chi connectivity index (χ1v) is 28.8. The van der Waals surface area contributed by atoms with Crippen molar-refractivity contribution in [2.75, 3.05) is 52.5 Å². The number of aryl methyl sites for hydroxylation is 2. The van der Waals surface area contributed by atoms with Crippen LogP contribution < -0.4 is 14.9 Å². The summed E-state index contributed by atoms with van der Waals surface area (Å²) in [6, 6.07) is 32.7. The molecule has 13 rings (SSSR count). The average molecular weight is 1140 g/mol. The van der Waals surface area contributed by atoms with Crippen LogP contribution in [0.4, 0.5) is 0 Å². The van der Waals surface area contributed by atoms with Gasteiger partial charge in [0.2, 0.25) is 0 Å². The second kappa shape index (κ2) is 24.3. The fraction of sp³-hybridized carbons (Fsp3) is 0.349. The van der Waals surface area contributed by atoms with Gasteiger partial charge in [-0.25, -0.2) is 19.0 Å². The first-order valence-electron chi connectivity index (χ1n) is 28.0. The maximum atomic E-state index is 6.14. The molecule has 0 N–H and O–H groups in total. The highest BCUT2D eigenvalue weighted by atomic mass is 79.9. The van der Waals surface area contributed by atoms with E-state index in [4.69, 9.17) is 23.8 Å². The summed E-state index contributed by atoms with van der Waals surface area (Å²) in [5.41, 5.74) is 11.9. The zero-order valence-corrected chi connectivity index (χ0v) is 48.3. The third-order valence-electron chi connectivity index (χ3n) is 15.7. The van der Waals surface area contributed by atoms with Crippen molar-refractivity contribution in [1.82, 2.24) is 53.9 Å². The second-order valence-corrected chi connectivity index (χ2v) is 22.8. The van der Waals surface area contributed by atoms with E-state index in [1.807, 2.05) is 110 Å². The van der Waals surface area contributed by atoms with Gasteiger partial charge in [0, 0.05) is 71.3 Å². The van der Waals surface area contributed by atoms with Gasteiger partial charge in [-0.05, 0) is 180 Å². The Morgan fingerprint density at radius 2 is 1.09 bits per heavy atom. The number of pyridine rings is 3. The third-order valence-corrected chi connectivity index (χ3v) is 16.3. The Kier molecular flexibility index (Phi) is 16.6. The Balaban J connectivity index is 0.000000132. The molecule has 0 atom stereocenters. The molecule has 3 aromatic carbocycles. The Bertz CT molecular complexity index is 3710. The van der Waals surface area contributed by atoms with Crippen LogP contribution in [0.25, 0.3) is 66.6 Å². The molecule has 10 aromatic rings. The van der Waals surface area contributed by atoms with Gasteiger partial charge in [0.1, 0.15) is 24.7 Å². The van der Waals surface area contributed by atoms with Gasteiger partial charge in [-0.15, -0.1) is 0 Å². The van der Waals surface area contributed by atoms with Crippen molar-refractivity contribution in [3.8, 4) is 45.0 Å². The van der Waals surface area contributed by atoms with Crippen molar-refractivity contribution in [3.05, 3.63) is 156 Å². The van der Waals surface area contributed by atoms with Gasteiger partial charge in [0.05, 0.1) is 51.0 Å². The lowest BCUT2D eigenvalue weighted by atomic mass is 9.76. The lowest BCUT2D eigenvalue weighted by molar-refractivity contribution is 0.00578. The van der Waals surface area contributed by atoms with Gasteiger partial charge in [0.25, 0.3) is 0 Å². The van der Waals surface area contributed by atoms with Crippen molar-refractivity contribution >= 4 is 61.6 Å². The molecule has 3 aliphatic rings. The Morgan fingerprint density at radius 3 is 1.75 bits per heavy atom. The van der Waals surface area contributed by atoms with Crippen LogP contribution in [0.2, 0.25) is 0 Å². The highest BCUT2D eigenvalue weighted by molar-refractivity contribution is 9.10. The molecule has 3 fully saturated rings. The number of hydrogen-bond acceptors (Lipinski definition) is 13. The van der Waals surface area contributed by atoms with Crippen LogP contribution in [0.5, 0.6) is 11.5 Å². The number of likely N-dealkylation sites (tertiary alicyclic amines) is 2. The van der Waals surface area contributed by atoms with Crippen molar-refractivity contribution in [3.63, 3.8) is 0 Å². The summed E-state index contributed by atoms with van der Waals surface area (Å²) in [6.07, 6.45) is 21.0. The van der Waals surface area contributed by atoms with E-state index >= 15 is 0 Å². The Morgan fingerprint density at radius 1 is 0.525 bits per heavy atom. The van der Waals surface area contributed by atoms with E-state index in [2.05, 4.69) is 120 Å². The molecule has 80 heavy (non-hydrogen) atoms. The van der Waals surface area contributed by atoms with Gasteiger partial charge in [-0.3, -0.25) is 24.8 Å². The van der Waals surface area contributed by atoms with E-state index in [0.29, 0.717) is 6.61 Å². The quantitative estimate of drug-likeness (QED) is 0.107. The first kappa shape index (κ1) is 54.8. The fourth-order valence-electron chi connectivity index (χ4n) is 10.5. The van der Waals surface area contributed by atoms with Crippen molar-refractivity contribution in [2.45, 2.75) is 91.3 Å². The molecule has 15 nitrogen and oxygen atoms in total. The Labute approximate surface area is 477 Å². The van der Waals surface area contributed by atoms with Crippen LogP contribution in [-0.2, 0) is 9.31 Å². The molecular weight excluding hydrogens is 1070 g/mol. The van der Waals surface area contributed by atoms with E-state index in [0.717, 1.165) is 119 Å². The SMILES string of the molecule is Brc1cnn2cc(-c3ccc(OCCN4CCCCC4)cc3)cnc12.Cc1ccc2c(-c3cnn4cc(-c5ccc(OCCN6CCCCC6)cn5)cnc34)cccc2n1.Cc1ccc2c(B3OC(C)(C)C(C)(C)O3)cccc2n1. The summed E-state index contributed by atoms with van der Waals surface area (Å²) < 4.78 is 28.6. The monoisotopic (exact) mass is 1130 g/mol. The standard InChI is InChI=1S/C28H28N6O.C19H21BrN4O.C16H20BNO2/c1-20-8-10-24-23(6-5-7-27(24)32-20)25-18-31-34-19-21(16-30-28(25)34)26-11-9-22(17-29-26)35-15-14-33-12-3-2-4-13-33;20-18-13-22-24-14-16(12-21-19(18)24)15-4-6-17(7-5-15)25-11-10-23-8-2-1-3-9-23;1-11-9-10-12-13(7-6-8-14(12)18-11)17-19-15(2,3)16(4,5)20-17/h5-11,16-19H,2-4,12-15H2,1H3;4-7,12-14H,1-3,8-11H2;6-10H,1-5H3. The van der Waals surface area contributed by atoms with Crippen LogP contribution in [0.1, 0.15) is 77.6 Å². The topological polar surface area (TPSA) is 142 Å². The molecule has 0 radical (unpaired) electrons. The number of rotatable bonds is 12. The van der Waals surface area contributed by atoms with Gasteiger partial charge in [0.15, 0.2) is 11.3 Å². The maximum absolute atomic E-state index is 6.14. The summed E-state index contributed by atoms with van der Waals surface area (Å²) in [4.78, 5) is 28.0. The van der Waals surface area contributed by atoms with E-state index in [-0.39, 0.29) is 18.3 Å². The summed E-state index contributed by atoms with van der Waals surface area (Å²) in [7, 11) is -0.340. The largest absolute Gasteiger partial charge is 0.495 e. The number of halogens is 1. The first-order chi connectivity index (χ1) is 38.8. The van der Waals surface area contributed by atoms with E-state index in [1.54, 1.807) is 16.9 Å². The van der Waals surface area contributed by atoms with Gasteiger partial charge < -0.3 is 18.8 Å². The minimum Gasteiger partial charge on any atom is -0.492 e. The predicted octanol–water partition coefficient (Wildman–Crippen LogP) is 12.0. The summed E-state index contributed by atoms with van der Waals surface area (Å²) >= 11 is 3.44. The number of fused-ring (bicyclic) bond motifs is 4. The van der Waals surface area contributed by atoms with Crippen LogP contribution >= 0.6 is 15.9 Å². The minimum atomic E-state index is -0.340. The molecule has 0 amide bonds. The minimum absolute atomic E-state index is 0.321. The second-order valence-electron chi connectivity index (χ2n) is 22.0. The van der Waals surface area contributed by atoms with Crippen molar-refractivity contribution < 1.29 is 18.8 Å². The third kappa shape index (κ3) is 12.6. The molecule has 10 heterocycles. The van der Waals surface area contributed by atoms with Gasteiger partial charge in [-0.2, -0.15) is 10.2 Å². The van der Waals surface area contributed by atoms with Gasteiger partial charge in [-0.1, -0.05) is 61.4 Å². The van der Waals surface area contributed by atoms with Crippen LogP contribution in [0.3, 0.4) is 0 Å². The molecule has 0 spiro atoms. The molecule has 0 unspecified atom stereocenters. The predicted molar refractivity (Wildman–Crippen MR) is 322 cm³/mol. The zero-order chi connectivity index (χ0) is 55.2. The zero-order valence-electron chi connectivity index (χ0n) is 46.7. The average Bonchev–Trinajstić information content (AvgIpc) is 4.17. The highest BCUT2D eigenvalue weighted by Crippen LogP contribution is 2.37. The van der Waals surface area contributed by atoms with Crippen molar-refractivity contribution in [1.29, 1.82) is 0 Å². The van der Waals surface area contributed by atoms with E-state index < -0.39 is 0 Å². The fourth-order valence-corrected chi connectivity index (χ4v) is 10.8. The molecule has 3 saturated heterocycles. The van der Waals surface area contributed by atoms with Crippen LogP contribution in [0, 0.1) is 13.8 Å². The highest BCUT2D eigenvalue weighted by Gasteiger charge is 2.52. The molecule has 0 bridgehead atoms. The Hall–Kier alpha value is -7.15. The molecular formula is C63H69BBrN11O4. The molecule has 7 aromatic heterocycles. The lowest BCUT2D eigenvalue weighted by Crippen LogP contribution is -2.41. The smallest absolute Gasteiger partial charge is 0.492 e. The molecule has 17 heteroatoms. The number of nitrogens with zero attached hydrogens (tertiary/aromatic N) is 11. The van der Waals surface area contributed by atoms with E-state index in [9.17, 15) is 0 Å². The number of piperidine rings is 2. The number of hydrogen-bond donors (Lipinski definition) is 0. The number of benzene rings is 3. The van der Waals surface area contributed by atoms with Crippen LogP contribution in [-0.4, -0.2) is 125 Å². The number of ether oxygens (including phenoxy) is 2. The van der Waals surface area contributed by atoms with Crippen molar-refractivity contribution in [2.24, 2.45) is 0 Å². The van der Waals surface area contributed by atoms with Gasteiger partial charge >= 0.3 is 7.12 Å². The molecule has 0 saturated carbocycles. The summed E-state index contributed by atoms with van der Waals surface area (Å²) in [6.45, 7) is 20.5. The lowest BCUT2D eigenvalue weighted by Gasteiger charge is -2.32. The molecule has 410 valence electrons.